The quantitative estimate of drug-likeness (QED) is 0.927. The van der Waals surface area contributed by atoms with E-state index in [0.29, 0.717) is 22.5 Å². The van der Waals surface area contributed by atoms with Crippen molar-refractivity contribution in [1.29, 1.82) is 0 Å². The molecule has 0 aromatic heterocycles. The highest BCUT2D eigenvalue weighted by atomic mass is 79.9. The fraction of sp³-hybridized carbons (Fsp3) is 0.462. The van der Waals surface area contributed by atoms with Crippen molar-refractivity contribution in [1.82, 2.24) is 4.90 Å². The second-order valence-corrected chi connectivity index (χ2v) is 5.54. The summed E-state index contributed by atoms with van der Waals surface area (Å²) in [4.78, 5) is 14.0. The van der Waals surface area contributed by atoms with Crippen LogP contribution in [-0.2, 0) is 0 Å². The number of benzene rings is 1. The number of carbonyl (C=O) groups excluding carboxylic acids is 1. The summed E-state index contributed by atoms with van der Waals surface area (Å²) in [5.74, 6) is 0.0334. The van der Waals surface area contributed by atoms with Gasteiger partial charge < -0.3 is 10.6 Å². The molecule has 1 aromatic carbocycles. The lowest BCUT2D eigenvalue weighted by molar-refractivity contribution is 0.0717. The number of nitrogens with zero attached hydrogens (tertiary/aromatic N) is 1. The predicted octanol–water partition coefficient (Wildman–Crippen LogP) is 2.40. The van der Waals surface area contributed by atoms with Crippen LogP contribution in [0.15, 0.2) is 22.7 Å². The Morgan fingerprint density at radius 2 is 2.28 bits per heavy atom. The summed E-state index contributed by atoms with van der Waals surface area (Å²) < 4.78 is 13.5. The van der Waals surface area contributed by atoms with Crippen molar-refractivity contribution in [3.8, 4) is 0 Å². The van der Waals surface area contributed by atoms with Gasteiger partial charge in [-0.1, -0.05) is 0 Å². The minimum absolute atomic E-state index is 0.0782. The van der Waals surface area contributed by atoms with Crippen molar-refractivity contribution in [3.63, 3.8) is 0 Å². The predicted molar refractivity (Wildman–Crippen MR) is 71.8 cm³/mol. The Morgan fingerprint density at radius 3 is 2.78 bits per heavy atom. The molecule has 1 aliphatic rings. The Kier molecular flexibility index (Phi) is 4.02. The molecule has 0 spiro atoms. The lowest BCUT2D eigenvalue weighted by Gasteiger charge is -2.27. The first-order valence-electron chi connectivity index (χ1n) is 5.97. The number of hydrogen-bond donors (Lipinski definition) is 1. The van der Waals surface area contributed by atoms with Crippen LogP contribution in [0.3, 0.4) is 0 Å². The molecule has 1 atom stereocenters. The zero-order valence-electron chi connectivity index (χ0n) is 10.2. The van der Waals surface area contributed by atoms with Crippen LogP contribution in [0.2, 0.25) is 0 Å². The lowest BCUT2D eigenvalue weighted by Crippen LogP contribution is -2.43. The number of halogens is 2. The van der Waals surface area contributed by atoms with E-state index in [9.17, 15) is 9.18 Å². The standard InChI is InChI=1S/C13H16BrFN2O/c1-17(12(7-16)8-2-3-8)13(18)10-5-4-9(15)6-11(10)14/h4-6,8,12H,2-3,7,16H2,1H3. The topological polar surface area (TPSA) is 46.3 Å². The van der Waals surface area contributed by atoms with Crippen LogP contribution < -0.4 is 5.73 Å². The number of hydrogen-bond acceptors (Lipinski definition) is 2. The van der Waals surface area contributed by atoms with Crippen LogP contribution in [0.4, 0.5) is 4.39 Å². The van der Waals surface area contributed by atoms with Crippen molar-refractivity contribution in [2.75, 3.05) is 13.6 Å². The molecule has 5 heteroatoms. The van der Waals surface area contributed by atoms with Crippen molar-refractivity contribution < 1.29 is 9.18 Å². The highest BCUT2D eigenvalue weighted by Gasteiger charge is 2.35. The van der Waals surface area contributed by atoms with Gasteiger partial charge in [-0.3, -0.25) is 4.79 Å². The third-order valence-corrected chi connectivity index (χ3v) is 4.04. The van der Waals surface area contributed by atoms with E-state index in [1.807, 2.05) is 0 Å². The van der Waals surface area contributed by atoms with Crippen LogP contribution in [0.5, 0.6) is 0 Å². The van der Waals surface area contributed by atoms with Crippen molar-refractivity contribution in [3.05, 3.63) is 34.1 Å². The fourth-order valence-corrected chi connectivity index (χ4v) is 2.67. The molecule has 1 saturated carbocycles. The Balaban J connectivity index is 2.19. The van der Waals surface area contributed by atoms with Gasteiger partial charge in [0, 0.05) is 24.1 Å². The Morgan fingerprint density at radius 1 is 1.61 bits per heavy atom. The first kappa shape index (κ1) is 13.5. The summed E-state index contributed by atoms with van der Waals surface area (Å²) in [7, 11) is 1.76. The molecular formula is C13H16BrFN2O. The van der Waals surface area contributed by atoms with Gasteiger partial charge in [-0.05, 0) is 52.9 Å². The monoisotopic (exact) mass is 314 g/mol. The molecule has 2 rings (SSSR count). The van der Waals surface area contributed by atoms with Crippen LogP contribution in [0.1, 0.15) is 23.2 Å². The number of rotatable bonds is 4. The van der Waals surface area contributed by atoms with E-state index >= 15 is 0 Å². The smallest absolute Gasteiger partial charge is 0.255 e. The summed E-state index contributed by atoms with van der Waals surface area (Å²) in [6.45, 7) is 0.464. The van der Waals surface area contributed by atoms with Crippen LogP contribution >= 0.6 is 15.9 Å². The Bertz CT molecular complexity index is 462. The van der Waals surface area contributed by atoms with E-state index in [4.69, 9.17) is 5.73 Å². The first-order valence-corrected chi connectivity index (χ1v) is 6.76. The molecule has 1 aromatic rings. The summed E-state index contributed by atoms with van der Waals surface area (Å²) in [5, 5.41) is 0. The Hall–Kier alpha value is -0.940. The molecule has 3 nitrogen and oxygen atoms in total. The molecule has 2 N–H and O–H groups in total. The molecule has 18 heavy (non-hydrogen) atoms. The summed E-state index contributed by atoms with van der Waals surface area (Å²) in [5.41, 5.74) is 6.20. The van der Waals surface area contributed by atoms with E-state index in [1.165, 1.54) is 18.2 Å². The van der Waals surface area contributed by atoms with Gasteiger partial charge >= 0.3 is 0 Å². The summed E-state index contributed by atoms with van der Waals surface area (Å²) >= 11 is 3.22. The van der Waals surface area contributed by atoms with Gasteiger partial charge in [-0.15, -0.1) is 0 Å². The van der Waals surface area contributed by atoms with Crippen molar-refractivity contribution in [2.45, 2.75) is 18.9 Å². The number of likely N-dealkylation sites (N-methyl/N-ethyl adjacent to an activating group) is 1. The average Bonchev–Trinajstić information content (AvgIpc) is 3.13. The highest BCUT2D eigenvalue weighted by molar-refractivity contribution is 9.10. The number of amides is 1. The number of nitrogens with two attached hydrogens (primary N) is 1. The van der Waals surface area contributed by atoms with E-state index in [2.05, 4.69) is 15.9 Å². The normalized spacial score (nSPS) is 16.4. The van der Waals surface area contributed by atoms with Gasteiger partial charge in [0.15, 0.2) is 0 Å². The van der Waals surface area contributed by atoms with E-state index < -0.39 is 0 Å². The molecule has 0 radical (unpaired) electrons. The van der Waals surface area contributed by atoms with Crippen LogP contribution in [0.25, 0.3) is 0 Å². The molecule has 1 unspecified atom stereocenters. The average molecular weight is 315 g/mol. The molecule has 98 valence electrons. The number of carbonyl (C=O) groups is 1. The minimum atomic E-state index is -0.362. The third-order valence-electron chi connectivity index (χ3n) is 3.39. The third kappa shape index (κ3) is 2.72. The van der Waals surface area contributed by atoms with Crippen LogP contribution in [0, 0.1) is 11.7 Å². The van der Waals surface area contributed by atoms with Crippen LogP contribution in [-0.4, -0.2) is 30.4 Å². The molecule has 1 fully saturated rings. The largest absolute Gasteiger partial charge is 0.337 e. The maximum absolute atomic E-state index is 13.0. The second kappa shape index (κ2) is 5.36. The summed E-state index contributed by atoms with van der Waals surface area (Å²) in [6, 6.07) is 4.17. The minimum Gasteiger partial charge on any atom is -0.337 e. The van der Waals surface area contributed by atoms with E-state index in [0.717, 1.165) is 12.8 Å². The SMILES string of the molecule is CN(C(=O)c1ccc(F)cc1Br)C(CN)C1CC1. The molecule has 0 saturated heterocycles. The zero-order chi connectivity index (χ0) is 13.3. The fourth-order valence-electron chi connectivity index (χ4n) is 2.15. The van der Waals surface area contributed by atoms with Crippen molar-refractivity contribution in [2.24, 2.45) is 11.7 Å². The lowest BCUT2D eigenvalue weighted by atomic mass is 10.1. The Labute approximate surface area is 114 Å². The first-order chi connectivity index (χ1) is 8.54. The molecule has 1 aliphatic carbocycles. The van der Waals surface area contributed by atoms with Gasteiger partial charge in [-0.25, -0.2) is 4.39 Å². The van der Waals surface area contributed by atoms with Gasteiger partial charge in [0.1, 0.15) is 5.82 Å². The van der Waals surface area contributed by atoms with E-state index in [-0.39, 0.29) is 17.8 Å². The molecular weight excluding hydrogens is 299 g/mol. The zero-order valence-corrected chi connectivity index (χ0v) is 11.8. The van der Waals surface area contributed by atoms with Crippen molar-refractivity contribution >= 4 is 21.8 Å². The maximum atomic E-state index is 13.0. The van der Waals surface area contributed by atoms with E-state index in [1.54, 1.807) is 11.9 Å². The van der Waals surface area contributed by atoms with Gasteiger partial charge in [0.25, 0.3) is 5.91 Å². The summed E-state index contributed by atoms with van der Waals surface area (Å²) in [6.07, 6.45) is 2.26. The highest BCUT2D eigenvalue weighted by Crippen LogP contribution is 2.35. The molecule has 1 amide bonds. The molecule has 0 heterocycles. The van der Waals surface area contributed by atoms with Gasteiger partial charge in [-0.2, -0.15) is 0 Å². The second-order valence-electron chi connectivity index (χ2n) is 4.68. The maximum Gasteiger partial charge on any atom is 0.255 e. The van der Waals surface area contributed by atoms with Gasteiger partial charge in [0.05, 0.1) is 5.56 Å². The van der Waals surface area contributed by atoms with Gasteiger partial charge in [0.2, 0.25) is 0 Å². The molecule has 0 bridgehead atoms. The molecule has 0 aliphatic heterocycles.